The number of rotatable bonds is 5. The molecule has 0 N–H and O–H groups in total. The molecular formula is C16H13ClN2O4S2. The van der Waals surface area contributed by atoms with Crippen molar-refractivity contribution in [1.82, 2.24) is 4.90 Å². The highest BCUT2D eigenvalue weighted by Gasteiger charge is 2.36. The fraction of sp³-hybridized carbons (Fsp3) is 0.250. The molecular weight excluding hydrogens is 384 g/mol. The van der Waals surface area contributed by atoms with E-state index in [4.69, 9.17) is 21.0 Å². The highest BCUT2D eigenvalue weighted by atomic mass is 35.5. The molecule has 1 saturated heterocycles. The first-order chi connectivity index (χ1) is 11.9. The molecule has 25 heavy (non-hydrogen) atoms. The van der Waals surface area contributed by atoms with Crippen molar-refractivity contribution in [2.45, 2.75) is 23.3 Å². The van der Waals surface area contributed by atoms with Crippen molar-refractivity contribution in [3.8, 4) is 6.07 Å². The second-order valence-corrected chi connectivity index (χ2v) is 8.63. The van der Waals surface area contributed by atoms with E-state index in [-0.39, 0.29) is 16.5 Å². The van der Waals surface area contributed by atoms with Crippen LogP contribution in [0.3, 0.4) is 0 Å². The monoisotopic (exact) mass is 396 g/mol. The molecule has 9 heteroatoms. The van der Waals surface area contributed by atoms with Crippen LogP contribution in [0.25, 0.3) is 0 Å². The lowest BCUT2D eigenvalue weighted by Gasteiger charge is -2.16. The van der Waals surface area contributed by atoms with Gasteiger partial charge < -0.3 is 4.90 Å². The maximum Gasteiger partial charge on any atom is 0.307 e. The minimum atomic E-state index is -4.02. The van der Waals surface area contributed by atoms with Gasteiger partial charge in [-0.1, -0.05) is 23.7 Å². The van der Waals surface area contributed by atoms with Crippen LogP contribution in [0.2, 0.25) is 5.02 Å². The van der Waals surface area contributed by atoms with Crippen LogP contribution in [0.5, 0.6) is 0 Å². The quantitative estimate of drug-likeness (QED) is 0.725. The zero-order valence-corrected chi connectivity index (χ0v) is 15.3. The van der Waals surface area contributed by atoms with Crippen molar-refractivity contribution in [2.24, 2.45) is 0 Å². The molecule has 0 spiro atoms. The molecule has 1 aliphatic heterocycles. The number of thiophene rings is 1. The van der Waals surface area contributed by atoms with E-state index < -0.39 is 16.2 Å². The van der Waals surface area contributed by atoms with Gasteiger partial charge in [0.25, 0.3) is 5.91 Å². The van der Waals surface area contributed by atoms with Crippen molar-refractivity contribution in [2.75, 3.05) is 6.54 Å². The summed E-state index contributed by atoms with van der Waals surface area (Å²) in [5.41, 5.74) is 1.31. The van der Waals surface area contributed by atoms with E-state index in [9.17, 15) is 13.2 Å². The van der Waals surface area contributed by atoms with E-state index in [2.05, 4.69) is 0 Å². The number of nitrogens with zero attached hydrogens (tertiary/aromatic N) is 2. The largest absolute Gasteiger partial charge is 0.336 e. The number of hydrogen-bond acceptors (Lipinski definition) is 6. The Morgan fingerprint density at radius 3 is 2.88 bits per heavy atom. The SMILES string of the molecule is N#Cc1cccc(CN2CCC(OS(=O)(=O)c3cc(Cl)cs3)C2=O)c1. The Morgan fingerprint density at radius 1 is 1.40 bits per heavy atom. The minimum absolute atomic E-state index is 0.0227. The molecule has 1 fully saturated rings. The molecule has 2 heterocycles. The molecule has 130 valence electrons. The topological polar surface area (TPSA) is 87.5 Å². The summed E-state index contributed by atoms with van der Waals surface area (Å²) in [6, 6.07) is 10.3. The Labute approximate surface area is 154 Å². The van der Waals surface area contributed by atoms with E-state index in [0.29, 0.717) is 23.7 Å². The first-order valence-electron chi connectivity index (χ1n) is 7.34. The Hall–Kier alpha value is -1.92. The summed E-state index contributed by atoms with van der Waals surface area (Å²) in [6.45, 7) is 0.695. The number of hydrogen-bond donors (Lipinski definition) is 0. The molecule has 3 rings (SSSR count). The van der Waals surface area contributed by atoms with Crippen molar-refractivity contribution in [3.63, 3.8) is 0 Å². The van der Waals surface area contributed by atoms with Gasteiger partial charge in [0, 0.05) is 24.9 Å². The van der Waals surface area contributed by atoms with Crippen LogP contribution in [-0.2, 0) is 25.6 Å². The summed E-state index contributed by atoms with van der Waals surface area (Å²) < 4.78 is 29.5. The molecule has 0 saturated carbocycles. The van der Waals surface area contributed by atoms with Gasteiger partial charge in [0.1, 0.15) is 4.21 Å². The second-order valence-electron chi connectivity index (χ2n) is 5.48. The average Bonchev–Trinajstić information content (AvgIpc) is 3.16. The van der Waals surface area contributed by atoms with Crippen LogP contribution in [0.15, 0.2) is 39.9 Å². The third kappa shape index (κ3) is 4.02. The fourth-order valence-electron chi connectivity index (χ4n) is 2.54. The third-order valence-electron chi connectivity index (χ3n) is 3.71. The lowest BCUT2D eigenvalue weighted by atomic mass is 10.1. The van der Waals surface area contributed by atoms with E-state index in [1.54, 1.807) is 18.2 Å². The Morgan fingerprint density at radius 2 is 2.20 bits per heavy atom. The first kappa shape index (κ1) is 17.9. The molecule has 1 aromatic heterocycles. The summed E-state index contributed by atoms with van der Waals surface area (Å²) in [5.74, 6) is -0.381. The highest BCUT2D eigenvalue weighted by Crippen LogP contribution is 2.28. The number of halogens is 1. The standard InChI is InChI=1S/C16H13ClN2O4S2/c17-13-7-15(24-10-13)25(21,22)23-14-4-5-19(16(14)20)9-12-3-1-2-11(6-12)8-18/h1-3,6-7,10,14H,4-5,9H2. The Balaban J connectivity index is 1.68. The first-order valence-corrected chi connectivity index (χ1v) is 10.0. The van der Waals surface area contributed by atoms with Gasteiger partial charge >= 0.3 is 10.1 Å². The molecule has 1 atom stereocenters. The summed E-state index contributed by atoms with van der Waals surface area (Å²) in [4.78, 5) is 14.0. The van der Waals surface area contributed by atoms with Crippen LogP contribution in [0.4, 0.5) is 0 Å². The van der Waals surface area contributed by atoms with Gasteiger partial charge in [0.15, 0.2) is 6.10 Å². The molecule has 1 amide bonds. The van der Waals surface area contributed by atoms with Gasteiger partial charge in [-0.15, -0.1) is 11.3 Å². The number of benzene rings is 1. The zero-order chi connectivity index (χ0) is 18.0. The summed E-state index contributed by atoms with van der Waals surface area (Å²) in [5, 5.41) is 10.7. The molecule has 1 aromatic carbocycles. The zero-order valence-electron chi connectivity index (χ0n) is 12.9. The Kier molecular flexibility index (Phi) is 5.11. The van der Waals surface area contributed by atoms with Crippen LogP contribution < -0.4 is 0 Å². The van der Waals surface area contributed by atoms with E-state index in [0.717, 1.165) is 16.9 Å². The molecule has 2 aromatic rings. The normalized spacial score (nSPS) is 17.7. The smallest absolute Gasteiger partial charge is 0.307 e. The van der Waals surface area contributed by atoms with Crippen LogP contribution >= 0.6 is 22.9 Å². The summed E-state index contributed by atoms with van der Waals surface area (Å²) in [6.07, 6.45) is -0.750. The van der Waals surface area contributed by atoms with Gasteiger partial charge in [0.05, 0.1) is 16.7 Å². The number of likely N-dealkylation sites (tertiary alicyclic amines) is 1. The van der Waals surface area contributed by atoms with Crippen molar-refractivity contribution < 1.29 is 17.4 Å². The number of amides is 1. The lowest BCUT2D eigenvalue weighted by Crippen LogP contribution is -2.31. The second kappa shape index (κ2) is 7.14. The molecule has 0 radical (unpaired) electrons. The molecule has 6 nitrogen and oxygen atoms in total. The number of carbonyl (C=O) groups is 1. The van der Waals surface area contributed by atoms with E-state index in [1.807, 2.05) is 12.1 Å². The highest BCUT2D eigenvalue weighted by molar-refractivity contribution is 7.89. The summed E-state index contributed by atoms with van der Waals surface area (Å²) in [7, 11) is -4.02. The van der Waals surface area contributed by atoms with Crippen molar-refractivity contribution >= 4 is 39.0 Å². The van der Waals surface area contributed by atoms with Gasteiger partial charge in [-0.05, 0) is 23.8 Å². The maximum atomic E-state index is 12.4. The maximum absolute atomic E-state index is 12.4. The molecule has 0 bridgehead atoms. The number of nitriles is 1. The van der Waals surface area contributed by atoms with Gasteiger partial charge in [-0.25, -0.2) is 0 Å². The fourth-order valence-corrected chi connectivity index (χ4v) is 4.99. The summed E-state index contributed by atoms with van der Waals surface area (Å²) >= 11 is 6.69. The third-order valence-corrected chi connectivity index (χ3v) is 6.78. The van der Waals surface area contributed by atoms with Gasteiger partial charge in [-0.3, -0.25) is 8.98 Å². The predicted octanol–water partition coefficient (Wildman–Crippen LogP) is 2.78. The van der Waals surface area contributed by atoms with Crippen LogP contribution in [-0.4, -0.2) is 31.9 Å². The Bertz CT molecular complexity index is 949. The molecule has 0 aliphatic carbocycles. The number of carbonyl (C=O) groups excluding carboxylic acids is 1. The lowest BCUT2D eigenvalue weighted by molar-refractivity contribution is -0.133. The van der Waals surface area contributed by atoms with Crippen LogP contribution in [0, 0.1) is 11.3 Å². The van der Waals surface area contributed by atoms with E-state index >= 15 is 0 Å². The molecule has 1 unspecified atom stereocenters. The van der Waals surface area contributed by atoms with Crippen molar-refractivity contribution in [3.05, 3.63) is 51.9 Å². The van der Waals surface area contributed by atoms with Crippen molar-refractivity contribution in [1.29, 1.82) is 5.26 Å². The van der Waals surface area contributed by atoms with Gasteiger partial charge in [0.2, 0.25) is 0 Å². The minimum Gasteiger partial charge on any atom is -0.336 e. The van der Waals surface area contributed by atoms with Crippen LogP contribution in [0.1, 0.15) is 17.5 Å². The predicted molar refractivity (Wildman–Crippen MR) is 92.6 cm³/mol. The average molecular weight is 397 g/mol. The van der Waals surface area contributed by atoms with Gasteiger partial charge in [-0.2, -0.15) is 13.7 Å². The van der Waals surface area contributed by atoms with E-state index in [1.165, 1.54) is 16.3 Å². The molecule has 1 aliphatic rings.